The molecule has 2 aromatic rings. The zero-order valence-corrected chi connectivity index (χ0v) is 18.4. The third-order valence-corrected chi connectivity index (χ3v) is 6.26. The molecule has 1 N–H and O–H groups in total. The summed E-state index contributed by atoms with van der Waals surface area (Å²) in [6, 6.07) is 8.21. The van der Waals surface area contributed by atoms with Crippen molar-refractivity contribution in [3.8, 4) is 0 Å². The van der Waals surface area contributed by atoms with E-state index in [-0.39, 0.29) is 22.9 Å². The predicted molar refractivity (Wildman–Crippen MR) is 117 cm³/mol. The molecule has 160 valence electrons. The summed E-state index contributed by atoms with van der Waals surface area (Å²) >= 11 is 0. The van der Waals surface area contributed by atoms with Crippen molar-refractivity contribution >= 4 is 17.4 Å². The molecule has 1 saturated heterocycles. The summed E-state index contributed by atoms with van der Waals surface area (Å²) in [5.41, 5.74) is 3.39. The van der Waals surface area contributed by atoms with Crippen molar-refractivity contribution in [2.75, 3.05) is 38.1 Å². The smallest absolute Gasteiger partial charge is 0.287 e. The fourth-order valence-corrected chi connectivity index (χ4v) is 4.57. The van der Waals surface area contributed by atoms with Crippen LogP contribution in [0, 0.1) is 12.3 Å². The molecule has 1 aliphatic carbocycles. The average Bonchev–Trinajstić information content (AvgIpc) is 3.02. The molecule has 30 heavy (non-hydrogen) atoms. The number of hydrogen-bond acceptors (Lipinski definition) is 5. The molecule has 0 spiro atoms. The molecule has 6 nitrogen and oxygen atoms in total. The van der Waals surface area contributed by atoms with Gasteiger partial charge in [-0.2, -0.15) is 0 Å². The van der Waals surface area contributed by atoms with E-state index in [4.69, 9.17) is 4.42 Å². The molecule has 1 aromatic heterocycles. The number of amides is 1. The number of fused-ring (bicyclic) bond motifs is 1. The van der Waals surface area contributed by atoms with E-state index < -0.39 is 0 Å². The Kier molecular flexibility index (Phi) is 5.45. The van der Waals surface area contributed by atoms with Crippen LogP contribution < -0.4 is 10.2 Å². The number of nitrogens with zero attached hydrogens (tertiary/aromatic N) is 2. The van der Waals surface area contributed by atoms with Gasteiger partial charge in [0.25, 0.3) is 5.91 Å². The molecule has 1 amide bonds. The minimum atomic E-state index is -0.263. The lowest BCUT2D eigenvalue weighted by atomic mass is 9.76. The molecule has 2 aliphatic rings. The van der Waals surface area contributed by atoms with Crippen molar-refractivity contribution in [3.63, 3.8) is 0 Å². The molecule has 0 saturated carbocycles. The Morgan fingerprint density at radius 1 is 1.13 bits per heavy atom. The normalized spacial score (nSPS) is 18.9. The quantitative estimate of drug-likeness (QED) is 0.838. The van der Waals surface area contributed by atoms with Gasteiger partial charge in [0.15, 0.2) is 11.5 Å². The van der Waals surface area contributed by atoms with Crippen molar-refractivity contribution in [2.45, 2.75) is 40.2 Å². The highest BCUT2D eigenvalue weighted by Gasteiger charge is 2.37. The third kappa shape index (κ3) is 4.01. The molecule has 1 fully saturated rings. The van der Waals surface area contributed by atoms with E-state index in [9.17, 15) is 9.59 Å². The number of rotatable bonds is 4. The number of benzene rings is 1. The number of carbonyl (C=O) groups excluding carboxylic acids is 2. The highest BCUT2D eigenvalue weighted by atomic mass is 16.4. The Morgan fingerprint density at radius 2 is 1.83 bits per heavy atom. The topological polar surface area (TPSA) is 65.8 Å². The number of ketones is 1. The van der Waals surface area contributed by atoms with Crippen LogP contribution in [-0.4, -0.2) is 49.8 Å². The molecule has 1 aromatic carbocycles. The minimum Gasteiger partial charge on any atom is -0.455 e. The summed E-state index contributed by atoms with van der Waals surface area (Å²) in [7, 11) is 2.14. The van der Waals surface area contributed by atoms with Gasteiger partial charge in [0, 0.05) is 56.8 Å². The number of nitrogens with one attached hydrogen (secondary N) is 1. The second-order valence-corrected chi connectivity index (χ2v) is 9.40. The van der Waals surface area contributed by atoms with Crippen LogP contribution in [0.15, 0.2) is 28.7 Å². The van der Waals surface area contributed by atoms with Crippen molar-refractivity contribution in [1.29, 1.82) is 0 Å². The standard InChI is InChI=1S/C24H31N3O3/c1-16-21-19(28)13-24(2,3)14-20(21)30-22(16)23(29)25-15-17-7-5-6-8-18(17)27-11-9-26(4)10-12-27/h5-8H,9-15H2,1-4H3,(H,25,29). The fraction of sp³-hybridized carbons (Fsp3) is 0.500. The van der Waals surface area contributed by atoms with Crippen LogP contribution in [0.25, 0.3) is 0 Å². The maximum atomic E-state index is 12.9. The molecule has 0 atom stereocenters. The third-order valence-electron chi connectivity index (χ3n) is 6.26. The summed E-state index contributed by atoms with van der Waals surface area (Å²) in [5.74, 6) is 0.725. The first kappa shape index (κ1) is 20.7. The van der Waals surface area contributed by atoms with Crippen LogP contribution in [0.4, 0.5) is 5.69 Å². The monoisotopic (exact) mass is 409 g/mol. The van der Waals surface area contributed by atoms with Crippen LogP contribution in [-0.2, 0) is 13.0 Å². The second kappa shape index (κ2) is 7.91. The van der Waals surface area contributed by atoms with Crippen molar-refractivity contribution in [3.05, 3.63) is 52.5 Å². The van der Waals surface area contributed by atoms with Gasteiger partial charge in [-0.25, -0.2) is 0 Å². The number of anilines is 1. The largest absolute Gasteiger partial charge is 0.455 e. The minimum absolute atomic E-state index is 0.0713. The Balaban J connectivity index is 1.50. The Bertz CT molecular complexity index is 968. The van der Waals surface area contributed by atoms with Crippen LogP contribution in [0.1, 0.15) is 58.1 Å². The highest BCUT2D eigenvalue weighted by molar-refractivity contribution is 6.03. The maximum absolute atomic E-state index is 12.9. The lowest BCUT2D eigenvalue weighted by molar-refractivity contribution is 0.0888. The van der Waals surface area contributed by atoms with Gasteiger partial charge in [0.1, 0.15) is 5.76 Å². The first-order valence-corrected chi connectivity index (χ1v) is 10.7. The number of carbonyl (C=O) groups is 2. The van der Waals surface area contributed by atoms with Crippen LogP contribution in [0.3, 0.4) is 0 Å². The predicted octanol–water partition coefficient (Wildman–Crippen LogP) is 3.42. The summed E-state index contributed by atoms with van der Waals surface area (Å²) < 4.78 is 5.90. The van der Waals surface area contributed by atoms with Crippen molar-refractivity contribution in [2.24, 2.45) is 5.41 Å². The van der Waals surface area contributed by atoms with E-state index in [0.29, 0.717) is 36.3 Å². The lowest BCUT2D eigenvalue weighted by Gasteiger charge is -2.35. The van der Waals surface area contributed by atoms with E-state index in [0.717, 1.165) is 31.7 Å². The van der Waals surface area contributed by atoms with Gasteiger partial charge in [-0.15, -0.1) is 0 Å². The first-order chi connectivity index (χ1) is 14.2. The summed E-state index contributed by atoms with van der Waals surface area (Å²) in [6.45, 7) is 10.4. The zero-order chi connectivity index (χ0) is 21.5. The number of likely N-dealkylation sites (N-methyl/N-ethyl adjacent to an activating group) is 1. The molecule has 2 heterocycles. The van der Waals surface area contributed by atoms with E-state index in [2.05, 4.69) is 48.1 Å². The second-order valence-electron chi connectivity index (χ2n) is 9.40. The van der Waals surface area contributed by atoms with Crippen LogP contribution in [0.2, 0.25) is 0 Å². The first-order valence-electron chi connectivity index (χ1n) is 10.7. The SMILES string of the molecule is Cc1c(C(=O)NCc2ccccc2N2CCN(C)CC2)oc2c1C(=O)CC(C)(C)C2. The molecule has 6 heteroatoms. The zero-order valence-electron chi connectivity index (χ0n) is 18.4. The highest BCUT2D eigenvalue weighted by Crippen LogP contribution is 2.38. The number of Topliss-reactive ketones (excluding diaryl/α,β-unsaturated/α-hetero) is 1. The number of piperazine rings is 1. The van der Waals surface area contributed by atoms with E-state index >= 15 is 0 Å². The van der Waals surface area contributed by atoms with E-state index in [1.54, 1.807) is 0 Å². The molecule has 4 rings (SSSR count). The number of para-hydroxylation sites is 1. The van der Waals surface area contributed by atoms with Gasteiger partial charge in [-0.05, 0) is 31.0 Å². The summed E-state index contributed by atoms with van der Waals surface area (Å²) in [6.07, 6.45) is 1.16. The van der Waals surface area contributed by atoms with Crippen LogP contribution >= 0.6 is 0 Å². The maximum Gasteiger partial charge on any atom is 0.287 e. The number of hydrogen-bond donors (Lipinski definition) is 1. The summed E-state index contributed by atoms with van der Waals surface area (Å²) in [5, 5.41) is 3.01. The molecule has 0 bridgehead atoms. The van der Waals surface area contributed by atoms with E-state index in [1.165, 1.54) is 5.69 Å². The Labute approximate surface area is 178 Å². The van der Waals surface area contributed by atoms with E-state index in [1.807, 2.05) is 19.1 Å². The Hall–Kier alpha value is -2.60. The average molecular weight is 410 g/mol. The number of furan rings is 1. The molecule has 0 radical (unpaired) electrons. The Morgan fingerprint density at radius 3 is 2.57 bits per heavy atom. The fourth-order valence-electron chi connectivity index (χ4n) is 4.57. The summed E-state index contributed by atoms with van der Waals surface area (Å²) in [4.78, 5) is 30.2. The van der Waals surface area contributed by atoms with Crippen LogP contribution in [0.5, 0.6) is 0 Å². The molecular weight excluding hydrogens is 378 g/mol. The lowest BCUT2D eigenvalue weighted by Crippen LogP contribution is -2.45. The van der Waals surface area contributed by atoms with Crippen molar-refractivity contribution in [1.82, 2.24) is 10.2 Å². The molecule has 1 aliphatic heterocycles. The van der Waals surface area contributed by atoms with Crippen molar-refractivity contribution < 1.29 is 14.0 Å². The van der Waals surface area contributed by atoms with Gasteiger partial charge in [-0.3, -0.25) is 9.59 Å². The van der Waals surface area contributed by atoms with Gasteiger partial charge >= 0.3 is 0 Å². The molecule has 0 unspecified atom stereocenters. The van der Waals surface area contributed by atoms with Gasteiger partial charge in [-0.1, -0.05) is 32.0 Å². The van der Waals surface area contributed by atoms with Gasteiger partial charge in [0.05, 0.1) is 5.56 Å². The van der Waals surface area contributed by atoms with Gasteiger partial charge < -0.3 is 19.5 Å². The molecular formula is C24H31N3O3. The van der Waals surface area contributed by atoms with Gasteiger partial charge in [0.2, 0.25) is 0 Å².